The van der Waals surface area contributed by atoms with Crippen LogP contribution < -0.4 is 4.74 Å². The molecule has 1 aliphatic rings. The fraction of sp³-hybridized carbons (Fsp3) is 0.417. The van der Waals surface area contributed by atoms with Crippen LogP contribution in [-0.2, 0) is 11.3 Å². The maximum atomic E-state index is 14.5. The molecule has 170 valence electrons. The molecule has 0 N–H and O–H groups in total. The number of carbonyl (C=O) groups is 1. The predicted octanol–water partition coefficient (Wildman–Crippen LogP) is 5.66. The van der Waals surface area contributed by atoms with Crippen molar-refractivity contribution in [3.05, 3.63) is 58.9 Å². The molecule has 2 heterocycles. The van der Waals surface area contributed by atoms with Crippen LogP contribution in [0.15, 0.2) is 42.5 Å². The van der Waals surface area contributed by atoms with E-state index in [1.807, 2.05) is 49.6 Å². The molecule has 8 heteroatoms. The zero-order chi connectivity index (χ0) is 22.9. The Bertz CT molecular complexity index is 1110. The normalized spacial score (nSPS) is 16.9. The first kappa shape index (κ1) is 22.4. The number of rotatable bonds is 4. The minimum atomic E-state index is -0.558. The number of hydrogen-bond donors (Lipinski definition) is 0. The van der Waals surface area contributed by atoms with E-state index in [4.69, 9.17) is 21.1 Å². The van der Waals surface area contributed by atoms with Crippen molar-refractivity contribution in [1.82, 2.24) is 14.5 Å². The van der Waals surface area contributed by atoms with Gasteiger partial charge in [-0.05, 0) is 57.9 Å². The number of fused-ring (bicyclic) bond motifs is 1. The quantitative estimate of drug-likeness (QED) is 0.505. The number of para-hydroxylation sites is 2. The monoisotopic (exact) mass is 459 g/mol. The lowest BCUT2D eigenvalue weighted by atomic mass is 10.1. The number of likely N-dealkylation sites (tertiary alicyclic amines) is 1. The predicted molar refractivity (Wildman–Crippen MR) is 122 cm³/mol. The molecule has 1 unspecified atom stereocenters. The van der Waals surface area contributed by atoms with Gasteiger partial charge in [-0.1, -0.05) is 29.8 Å². The van der Waals surface area contributed by atoms with E-state index in [1.54, 1.807) is 17.0 Å². The zero-order valence-corrected chi connectivity index (χ0v) is 19.2. The van der Waals surface area contributed by atoms with Gasteiger partial charge >= 0.3 is 6.09 Å². The van der Waals surface area contributed by atoms with E-state index < -0.39 is 5.60 Å². The number of aromatic nitrogens is 2. The van der Waals surface area contributed by atoms with Crippen LogP contribution in [-0.4, -0.2) is 45.3 Å². The first-order valence-corrected chi connectivity index (χ1v) is 11.1. The molecule has 1 aliphatic heterocycles. The summed E-state index contributed by atoms with van der Waals surface area (Å²) in [5.74, 6) is -0.380. The molecule has 0 bridgehead atoms. The average Bonchev–Trinajstić information content (AvgIpc) is 3.06. The molecule has 0 spiro atoms. The zero-order valence-electron chi connectivity index (χ0n) is 18.5. The Morgan fingerprint density at radius 3 is 2.75 bits per heavy atom. The largest absolute Gasteiger partial charge is 0.459 e. The number of carbonyl (C=O) groups excluding carboxylic acids is 1. The van der Waals surface area contributed by atoms with Gasteiger partial charge in [0, 0.05) is 17.1 Å². The molecular weight excluding hydrogens is 433 g/mol. The highest BCUT2D eigenvalue weighted by atomic mass is 35.5. The number of imidazole rings is 1. The Hall–Kier alpha value is -2.80. The Balaban J connectivity index is 1.59. The maximum absolute atomic E-state index is 14.5. The van der Waals surface area contributed by atoms with Crippen LogP contribution in [0.2, 0.25) is 5.02 Å². The highest BCUT2D eigenvalue weighted by Gasteiger charge is 2.29. The number of amides is 1. The molecule has 1 saturated heterocycles. The van der Waals surface area contributed by atoms with Crippen LogP contribution in [0.4, 0.5) is 9.18 Å². The van der Waals surface area contributed by atoms with E-state index >= 15 is 0 Å². The molecule has 6 nitrogen and oxygen atoms in total. The minimum Gasteiger partial charge on any atom is -0.459 e. The SMILES string of the molecule is CC(C)(C)OC(=O)N1CCCC(Oc2nc3ccccc3n2Cc2c(F)cccc2Cl)C1. The van der Waals surface area contributed by atoms with Crippen LogP contribution in [0, 0.1) is 5.82 Å². The van der Waals surface area contributed by atoms with Gasteiger partial charge in [-0.3, -0.25) is 4.57 Å². The third-order valence-electron chi connectivity index (χ3n) is 5.30. The van der Waals surface area contributed by atoms with Crippen LogP contribution in [0.1, 0.15) is 39.2 Å². The van der Waals surface area contributed by atoms with E-state index in [0.717, 1.165) is 23.9 Å². The summed E-state index contributed by atoms with van der Waals surface area (Å²) < 4.78 is 28.1. The molecule has 1 fully saturated rings. The van der Waals surface area contributed by atoms with Crippen LogP contribution >= 0.6 is 11.6 Å². The molecule has 4 rings (SSSR count). The molecule has 1 atom stereocenters. The topological polar surface area (TPSA) is 56.6 Å². The van der Waals surface area contributed by atoms with Crippen LogP contribution in [0.5, 0.6) is 6.01 Å². The first-order valence-electron chi connectivity index (χ1n) is 10.7. The summed E-state index contributed by atoms with van der Waals surface area (Å²) in [5.41, 5.74) is 1.38. The molecule has 0 aliphatic carbocycles. The summed E-state index contributed by atoms with van der Waals surface area (Å²) in [7, 11) is 0. The van der Waals surface area contributed by atoms with Crippen molar-refractivity contribution >= 4 is 28.7 Å². The fourth-order valence-electron chi connectivity index (χ4n) is 3.81. The number of halogens is 2. The molecule has 1 amide bonds. The van der Waals surface area contributed by atoms with Gasteiger partial charge in [-0.2, -0.15) is 4.98 Å². The number of hydrogen-bond acceptors (Lipinski definition) is 4. The Kier molecular flexibility index (Phi) is 6.29. The second-order valence-corrected chi connectivity index (χ2v) is 9.39. The second kappa shape index (κ2) is 8.98. The van der Waals surface area contributed by atoms with Crippen molar-refractivity contribution in [1.29, 1.82) is 0 Å². The van der Waals surface area contributed by atoms with Crippen molar-refractivity contribution < 1.29 is 18.7 Å². The summed E-state index contributed by atoms with van der Waals surface area (Å²) in [6.45, 7) is 6.75. The minimum absolute atomic E-state index is 0.184. The number of nitrogens with zero attached hydrogens (tertiary/aromatic N) is 3. The van der Waals surface area contributed by atoms with E-state index in [2.05, 4.69) is 4.98 Å². The highest BCUT2D eigenvalue weighted by Crippen LogP contribution is 2.28. The summed E-state index contributed by atoms with van der Waals surface area (Å²) in [4.78, 5) is 18.8. The molecule has 1 aromatic heterocycles. The van der Waals surface area contributed by atoms with Gasteiger partial charge in [0.05, 0.1) is 24.1 Å². The van der Waals surface area contributed by atoms with E-state index in [-0.39, 0.29) is 24.6 Å². The third-order valence-corrected chi connectivity index (χ3v) is 5.65. The molecule has 0 saturated carbocycles. The Morgan fingerprint density at radius 2 is 2.00 bits per heavy atom. The van der Waals surface area contributed by atoms with Crippen molar-refractivity contribution in [2.24, 2.45) is 0 Å². The number of ether oxygens (including phenoxy) is 2. The summed E-state index contributed by atoms with van der Waals surface area (Å²) >= 11 is 6.28. The molecular formula is C24H27ClFN3O3. The van der Waals surface area contributed by atoms with Gasteiger partial charge in [0.1, 0.15) is 17.5 Å². The molecule has 3 aromatic rings. The van der Waals surface area contributed by atoms with Crippen molar-refractivity contribution in [3.63, 3.8) is 0 Å². The van der Waals surface area contributed by atoms with Crippen LogP contribution in [0.3, 0.4) is 0 Å². The number of piperidine rings is 1. The van der Waals surface area contributed by atoms with Gasteiger partial charge in [0.2, 0.25) is 0 Å². The van der Waals surface area contributed by atoms with Crippen molar-refractivity contribution in [2.75, 3.05) is 13.1 Å². The van der Waals surface area contributed by atoms with Gasteiger partial charge in [0.15, 0.2) is 0 Å². The summed E-state index contributed by atoms with van der Waals surface area (Å²) in [6.07, 6.45) is 0.979. The van der Waals surface area contributed by atoms with E-state index in [9.17, 15) is 9.18 Å². The summed E-state index contributed by atoms with van der Waals surface area (Å²) in [6, 6.07) is 12.6. The standard InChI is InChI=1S/C24H27ClFN3O3/c1-24(2,3)32-23(30)28-13-7-8-16(14-28)31-22-27-20-11-4-5-12-21(20)29(22)15-17-18(25)9-6-10-19(17)26/h4-6,9-12,16H,7-8,13-15H2,1-3H3. The summed E-state index contributed by atoms with van der Waals surface area (Å²) in [5, 5.41) is 0.350. The average molecular weight is 460 g/mol. The Morgan fingerprint density at radius 1 is 1.22 bits per heavy atom. The second-order valence-electron chi connectivity index (χ2n) is 8.98. The molecule has 32 heavy (non-hydrogen) atoms. The van der Waals surface area contributed by atoms with Crippen LogP contribution in [0.25, 0.3) is 11.0 Å². The smallest absolute Gasteiger partial charge is 0.410 e. The van der Waals surface area contributed by atoms with E-state index in [1.165, 1.54) is 6.07 Å². The molecule has 0 radical (unpaired) electrons. The van der Waals surface area contributed by atoms with Gasteiger partial charge in [0.25, 0.3) is 6.01 Å². The fourth-order valence-corrected chi connectivity index (χ4v) is 4.04. The van der Waals surface area contributed by atoms with Crippen molar-refractivity contribution in [2.45, 2.75) is 51.9 Å². The first-order chi connectivity index (χ1) is 15.2. The van der Waals surface area contributed by atoms with Gasteiger partial charge in [-0.15, -0.1) is 0 Å². The highest BCUT2D eigenvalue weighted by molar-refractivity contribution is 6.31. The number of benzene rings is 2. The molecule has 2 aromatic carbocycles. The van der Waals surface area contributed by atoms with E-state index in [0.29, 0.717) is 29.7 Å². The maximum Gasteiger partial charge on any atom is 0.410 e. The van der Waals surface area contributed by atoms with Crippen molar-refractivity contribution in [3.8, 4) is 6.01 Å². The lowest BCUT2D eigenvalue weighted by Gasteiger charge is -2.34. The Labute approximate surface area is 191 Å². The lowest BCUT2D eigenvalue weighted by Crippen LogP contribution is -2.46. The third kappa shape index (κ3) is 4.99. The lowest BCUT2D eigenvalue weighted by molar-refractivity contribution is 0.00625. The van der Waals surface area contributed by atoms with Gasteiger partial charge < -0.3 is 14.4 Å². The van der Waals surface area contributed by atoms with Gasteiger partial charge in [-0.25, -0.2) is 9.18 Å².